The third kappa shape index (κ3) is 6.23. The van der Waals surface area contributed by atoms with E-state index in [1.807, 2.05) is 19.1 Å². The summed E-state index contributed by atoms with van der Waals surface area (Å²) in [5, 5.41) is 3.05. The van der Waals surface area contributed by atoms with Gasteiger partial charge in [0.2, 0.25) is 0 Å². The highest BCUT2D eigenvalue weighted by Gasteiger charge is 2.27. The van der Waals surface area contributed by atoms with E-state index < -0.39 is 12.8 Å². The van der Waals surface area contributed by atoms with E-state index in [1.165, 1.54) is 0 Å². The van der Waals surface area contributed by atoms with Crippen molar-refractivity contribution < 1.29 is 17.9 Å². The van der Waals surface area contributed by atoms with E-state index in [-0.39, 0.29) is 12.6 Å². The molecule has 1 atom stereocenters. The second-order valence-corrected chi connectivity index (χ2v) is 3.63. The van der Waals surface area contributed by atoms with Gasteiger partial charge < -0.3 is 10.1 Å². The number of ether oxygens (including phenoxy) is 1. The first kappa shape index (κ1) is 13.9. The van der Waals surface area contributed by atoms with Crippen molar-refractivity contribution in [3.8, 4) is 0 Å². The summed E-state index contributed by atoms with van der Waals surface area (Å²) < 4.78 is 39.7. The van der Waals surface area contributed by atoms with Crippen LogP contribution in [0.2, 0.25) is 0 Å². The van der Waals surface area contributed by atoms with Crippen LogP contribution < -0.4 is 5.32 Å². The molecule has 0 aliphatic rings. The first-order chi connectivity index (χ1) is 7.99. The average molecular weight is 248 g/mol. The molecule has 0 fully saturated rings. The van der Waals surface area contributed by atoms with Gasteiger partial charge in [0.05, 0.1) is 6.61 Å². The summed E-state index contributed by atoms with van der Waals surface area (Å²) in [6.45, 7) is 1.12. The Morgan fingerprint density at radius 1 is 1.47 bits per heavy atom. The first-order valence-electron chi connectivity index (χ1n) is 5.27. The Morgan fingerprint density at radius 3 is 2.82 bits per heavy atom. The van der Waals surface area contributed by atoms with Gasteiger partial charge in [-0.2, -0.15) is 13.2 Å². The highest BCUT2D eigenvalue weighted by atomic mass is 19.4. The number of halogens is 3. The van der Waals surface area contributed by atoms with Gasteiger partial charge >= 0.3 is 6.18 Å². The molecule has 1 aromatic rings. The van der Waals surface area contributed by atoms with Crippen LogP contribution in [0.15, 0.2) is 24.5 Å². The highest BCUT2D eigenvalue weighted by Crippen LogP contribution is 2.14. The van der Waals surface area contributed by atoms with Gasteiger partial charge in [-0.25, -0.2) is 0 Å². The lowest BCUT2D eigenvalue weighted by Crippen LogP contribution is -2.26. The Kier molecular flexibility index (Phi) is 5.37. The zero-order chi connectivity index (χ0) is 12.7. The monoisotopic (exact) mass is 248 g/mol. The lowest BCUT2D eigenvalue weighted by atomic mass is 10.1. The molecule has 0 radical (unpaired) electrons. The van der Waals surface area contributed by atoms with Crippen molar-refractivity contribution in [2.45, 2.75) is 19.1 Å². The second-order valence-electron chi connectivity index (χ2n) is 3.63. The quantitative estimate of drug-likeness (QED) is 0.784. The van der Waals surface area contributed by atoms with Crippen molar-refractivity contribution in [1.29, 1.82) is 0 Å². The van der Waals surface area contributed by atoms with Gasteiger partial charge in [0.25, 0.3) is 0 Å². The Hall–Kier alpha value is -1.14. The minimum Gasteiger partial charge on any atom is -0.371 e. The van der Waals surface area contributed by atoms with Gasteiger partial charge in [0.1, 0.15) is 6.61 Å². The third-order valence-corrected chi connectivity index (χ3v) is 2.15. The number of nitrogens with one attached hydrogen (secondary N) is 1. The largest absolute Gasteiger partial charge is 0.411 e. The number of hydrogen-bond acceptors (Lipinski definition) is 3. The van der Waals surface area contributed by atoms with Gasteiger partial charge in [0, 0.05) is 25.0 Å². The SMILES string of the molecule is C[C@H](NCCOCC(F)(F)F)c1cccnc1. The van der Waals surface area contributed by atoms with Gasteiger partial charge in [-0.3, -0.25) is 4.98 Å². The van der Waals surface area contributed by atoms with Crippen LogP contribution in [0.3, 0.4) is 0 Å². The highest BCUT2D eigenvalue weighted by molar-refractivity contribution is 5.12. The smallest absolute Gasteiger partial charge is 0.371 e. The lowest BCUT2D eigenvalue weighted by Gasteiger charge is -2.14. The van der Waals surface area contributed by atoms with Crippen LogP contribution in [-0.4, -0.2) is 30.9 Å². The van der Waals surface area contributed by atoms with Gasteiger partial charge in [0.15, 0.2) is 0 Å². The Labute approximate surface area is 98.0 Å². The van der Waals surface area contributed by atoms with Crippen molar-refractivity contribution >= 4 is 0 Å². The zero-order valence-electron chi connectivity index (χ0n) is 9.50. The Balaban J connectivity index is 2.15. The molecule has 0 bridgehead atoms. The van der Waals surface area contributed by atoms with E-state index in [9.17, 15) is 13.2 Å². The van der Waals surface area contributed by atoms with E-state index in [4.69, 9.17) is 0 Å². The summed E-state index contributed by atoms with van der Waals surface area (Å²) in [6, 6.07) is 3.76. The molecule has 0 saturated heterocycles. The van der Waals surface area contributed by atoms with Crippen molar-refractivity contribution in [3.63, 3.8) is 0 Å². The van der Waals surface area contributed by atoms with Crippen molar-refractivity contribution in [1.82, 2.24) is 10.3 Å². The van der Waals surface area contributed by atoms with E-state index in [2.05, 4.69) is 15.0 Å². The van der Waals surface area contributed by atoms with E-state index in [0.717, 1.165) is 5.56 Å². The molecule has 17 heavy (non-hydrogen) atoms. The summed E-state index contributed by atoms with van der Waals surface area (Å²) in [6.07, 6.45) is -0.869. The Morgan fingerprint density at radius 2 is 2.24 bits per heavy atom. The summed E-state index contributed by atoms with van der Waals surface area (Å²) in [5.74, 6) is 0. The number of pyridine rings is 1. The van der Waals surface area contributed by atoms with Crippen molar-refractivity contribution in [2.75, 3.05) is 19.8 Å². The molecule has 1 rings (SSSR count). The number of aromatic nitrogens is 1. The lowest BCUT2D eigenvalue weighted by molar-refractivity contribution is -0.173. The van der Waals surface area contributed by atoms with Crippen molar-refractivity contribution in [3.05, 3.63) is 30.1 Å². The minimum absolute atomic E-state index is 0.0319. The predicted octanol–water partition coefficient (Wildman–Crippen LogP) is 2.31. The van der Waals surface area contributed by atoms with Crippen LogP contribution in [0.5, 0.6) is 0 Å². The van der Waals surface area contributed by atoms with Crippen LogP contribution in [-0.2, 0) is 4.74 Å². The average Bonchev–Trinajstić information content (AvgIpc) is 2.28. The third-order valence-electron chi connectivity index (χ3n) is 2.15. The number of hydrogen-bond donors (Lipinski definition) is 1. The molecule has 1 heterocycles. The molecule has 96 valence electrons. The molecule has 0 aliphatic carbocycles. The molecule has 1 N–H and O–H groups in total. The molecule has 0 spiro atoms. The first-order valence-corrected chi connectivity index (χ1v) is 5.27. The topological polar surface area (TPSA) is 34.1 Å². The van der Waals surface area contributed by atoms with Crippen molar-refractivity contribution in [2.24, 2.45) is 0 Å². The second kappa shape index (κ2) is 6.56. The maximum absolute atomic E-state index is 11.8. The molecular formula is C11H15F3N2O. The molecular weight excluding hydrogens is 233 g/mol. The molecule has 6 heteroatoms. The molecule has 0 unspecified atom stereocenters. The predicted molar refractivity (Wildman–Crippen MR) is 57.5 cm³/mol. The summed E-state index contributed by atoms with van der Waals surface area (Å²) in [7, 11) is 0. The number of alkyl halides is 3. The maximum Gasteiger partial charge on any atom is 0.411 e. The molecule has 0 aliphatic heterocycles. The normalized spacial score (nSPS) is 13.6. The summed E-state index contributed by atoms with van der Waals surface area (Å²) >= 11 is 0. The van der Waals surface area contributed by atoms with E-state index >= 15 is 0 Å². The molecule has 3 nitrogen and oxygen atoms in total. The van der Waals surface area contributed by atoms with Crippen LogP contribution in [0.4, 0.5) is 13.2 Å². The van der Waals surface area contributed by atoms with Crippen LogP contribution >= 0.6 is 0 Å². The van der Waals surface area contributed by atoms with Crippen LogP contribution in [0, 0.1) is 0 Å². The standard InChI is InChI=1S/C11H15F3N2O/c1-9(10-3-2-4-15-7-10)16-5-6-17-8-11(12,13)14/h2-4,7,9,16H,5-6,8H2,1H3/t9-/m0/s1. The maximum atomic E-state index is 11.8. The fourth-order valence-electron chi connectivity index (χ4n) is 1.29. The fourth-order valence-corrected chi connectivity index (χ4v) is 1.29. The van der Waals surface area contributed by atoms with Gasteiger partial charge in [-0.05, 0) is 18.6 Å². The van der Waals surface area contributed by atoms with Crippen LogP contribution in [0.1, 0.15) is 18.5 Å². The van der Waals surface area contributed by atoms with E-state index in [0.29, 0.717) is 6.54 Å². The summed E-state index contributed by atoms with van der Waals surface area (Å²) in [4.78, 5) is 3.96. The zero-order valence-corrected chi connectivity index (χ0v) is 9.50. The van der Waals surface area contributed by atoms with Gasteiger partial charge in [-0.15, -0.1) is 0 Å². The van der Waals surface area contributed by atoms with Gasteiger partial charge in [-0.1, -0.05) is 6.07 Å². The van der Waals surface area contributed by atoms with E-state index in [1.54, 1.807) is 12.4 Å². The fraction of sp³-hybridized carbons (Fsp3) is 0.545. The minimum atomic E-state index is -4.25. The summed E-state index contributed by atoms with van der Waals surface area (Å²) in [5.41, 5.74) is 0.989. The molecule has 1 aromatic heterocycles. The molecule has 0 amide bonds. The number of rotatable bonds is 6. The molecule has 0 aromatic carbocycles. The van der Waals surface area contributed by atoms with Crippen LogP contribution in [0.25, 0.3) is 0 Å². The Bertz CT molecular complexity index is 316. The number of nitrogens with zero attached hydrogens (tertiary/aromatic N) is 1. The molecule has 0 saturated carbocycles.